The summed E-state index contributed by atoms with van der Waals surface area (Å²) in [6.45, 7) is 0. The number of hydrogen-bond donors (Lipinski definition) is 1. The third kappa shape index (κ3) is 2.15. The van der Waals surface area contributed by atoms with Gasteiger partial charge in [-0.05, 0) is 29.4 Å². The Bertz CT molecular complexity index is 726. The van der Waals surface area contributed by atoms with Gasteiger partial charge in [-0.3, -0.25) is 4.98 Å². The zero-order chi connectivity index (χ0) is 13.9. The number of ether oxygens (including phenoxy) is 1. The SMILES string of the molecule is CNC(c1nccnc1OC)c1csc2ccccc12. The van der Waals surface area contributed by atoms with Crippen LogP contribution in [0.4, 0.5) is 0 Å². The molecule has 0 fully saturated rings. The maximum atomic E-state index is 5.33. The van der Waals surface area contributed by atoms with Crippen LogP contribution < -0.4 is 10.1 Å². The number of thiophene rings is 1. The molecule has 0 aliphatic carbocycles. The maximum Gasteiger partial charge on any atom is 0.237 e. The Balaban J connectivity index is 2.14. The molecule has 1 atom stereocenters. The van der Waals surface area contributed by atoms with Crippen LogP contribution >= 0.6 is 11.3 Å². The minimum absolute atomic E-state index is 0.0326. The standard InChI is InChI=1S/C15H15N3OS/c1-16-13(14-15(19-2)18-8-7-17-14)11-9-20-12-6-4-3-5-10(11)12/h3-9,13,16H,1-2H3. The van der Waals surface area contributed by atoms with Crippen molar-refractivity contribution in [1.82, 2.24) is 15.3 Å². The number of nitrogens with one attached hydrogen (secondary N) is 1. The fraction of sp³-hybridized carbons (Fsp3) is 0.200. The van der Waals surface area contributed by atoms with Crippen molar-refractivity contribution in [1.29, 1.82) is 0 Å². The molecule has 0 aliphatic heterocycles. The number of nitrogens with zero attached hydrogens (tertiary/aromatic N) is 2. The van der Waals surface area contributed by atoms with E-state index in [4.69, 9.17) is 4.74 Å². The van der Waals surface area contributed by atoms with Crippen molar-refractivity contribution in [2.45, 2.75) is 6.04 Å². The molecule has 0 radical (unpaired) electrons. The fourth-order valence-electron chi connectivity index (χ4n) is 2.35. The highest BCUT2D eigenvalue weighted by Crippen LogP contribution is 2.34. The quantitative estimate of drug-likeness (QED) is 0.800. The second-order valence-corrected chi connectivity index (χ2v) is 5.27. The van der Waals surface area contributed by atoms with E-state index in [1.54, 1.807) is 30.8 Å². The molecule has 20 heavy (non-hydrogen) atoms. The molecule has 0 bridgehead atoms. The monoisotopic (exact) mass is 285 g/mol. The number of benzene rings is 1. The molecule has 5 heteroatoms. The van der Waals surface area contributed by atoms with Crippen LogP contribution in [0.2, 0.25) is 0 Å². The Hall–Kier alpha value is -1.98. The third-order valence-electron chi connectivity index (χ3n) is 3.27. The van der Waals surface area contributed by atoms with Gasteiger partial charge in [0.1, 0.15) is 5.69 Å². The van der Waals surface area contributed by atoms with Gasteiger partial charge in [0.05, 0.1) is 13.2 Å². The minimum Gasteiger partial charge on any atom is -0.480 e. The number of methoxy groups -OCH3 is 1. The van der Waals surface area contributed by atoms with Crippen molar-refractivity contribution in [2.24, 2.45) is 0 Å². The van der Waals surface area contributed by atoms with E-state index in [1.807, 2.05) is 7.05 Å². The van der Waals surface area contributed by atoms with Crippen molar-refractivity contribution < 1.29 is 4.74 Å². The zero-order valence-corrected chi connectivity index (χ0v) is 12.1. The highest BCUT2D eigenvalue weighted by atomic mass is 32.1. The summed E-state index contributed by atoms with van der Waals surface area (Å²) in [4.78, 5) is 8.67. The summed E-state index contributed by atoms with van der Waals surface area (Å²) in [6.07, 6.45) is 3.33. The fourth-order valence-corrected chi connectivity index (χ4v) is 3.34. The van der Waals surface area contributed by atoms with Crippen LogP contribution in [0.15, 0.2) is 42.0 Å². The Morgan fingerprint density at radius 3 is 2.80 bits per heavy atom. The van der Waals surface area contributed by atoms with Crippen LogP contribution in [0.1, 0.15) is 17.3 Å². The largest absolute Gasteiger partial charge is 0.480 e. The Labute approximate surface area is 121 Å². The van der Waals surface area contributed by atoms with Crippen LogP contribution in [0.25, 0.3) is 10.1 Å². The van der Waals surface area contributed by atoms with E-state index in [-0.39, 0.29) is 6.04 Å². The van der Waals surface area contributed by atoms with Crippen molar-refractivity contribution in [2.75, 3.05) is 14.2 Å². The summed E-state index contributed by atoms with van der Waals surface area (Å²) in [5, 5.41) is 6.72. The van der Waals surface area contributed by atoms with Crippen LogP contribution in [0.3, 0.4) is 0 Å². The molecular formula is C15H15N3OS. The van der Waals surface area contributed by atoms with Crippen molar-refractivity contribution >= 4 is 21.4 Å². The summed E-state index contributed by atoms with van der Waals surface area (Å²) in [7, 11) is 3.54. The summed E-state index contributed by atoms with van der Waals surface area (Å²) in [6, 6.07) is 8.34. The highest BCUT2D eigenvalue weighted by Gasteiger charge is 2.21. The smallest absolute Gasteiger partial charge is 0.237 e. The van der Waals surface area contributed by atoms with E-state index < -0.39 is 0 Å². The molecule has 1 aromatic carbocycles. The lowest BCUT2D eigenvalue weighted by Gasteiger charge is -2.17. The number of fused-ring (bicyclic) bond motifs is 1. The lowest BCUT2D eigenvalue weighted by atomic mass is 10.0. The molecule has 3 rings (SSSR count). The summed E-state index contributed by atoms with van der Waals surface area (Å²) >= 11 is 1.74. The molecule has 1 N–H and O–H groups in total. The van der Waals surface area contributed by atoms with Crippen molar-refractivity contribution in [3.8, 4) is 5.88 Å². The average Bonchev–Trinajstić information content (AvgIpc) is 2.93. The van der Waals surface area contributed by atoms with Gasteiger partial charge in [-0.2, -0.15) is 0 Å². The maximum absolute atomic E-state index is 5.33. The van der Waals surface area contributed by atoms with Gasteiger partial charge in [-0.25, -0.2) is 4.98 Å². The van der Waals surface area contributed by atoms with E-state index in [1.165, 1.54) is 15.6 Å². The molecule has 102 valence electrons. The van der Waals surface area contributed by atoms with E-state index in [2.05, 4.69) is 44.9 Å². The average molecular weight is 285 g/mol. The van der Waals surface area contributed by atoms with Crippen molar-refractivity contribution in [3.05, 3.63) is 53.3 Å². The number of rotatable bonds is 4. The lowest BCUT2D eigenvalue weighted by Crippen LogP contribution is -2.19. The van der Waals surface area contributed by atoms with Gasteiger partial charge in [0.15, 0.2) is 0 Å². The summed E-state index contributed by atoms with van der Waals surface area (Å²) < 4.78 is 6.60. The molecule has 0 amide bonds. The molecule has 3 aromatic rings. The van der Waals surface area contributed by atoms with Gasteiger partial charge in [0.25, 0.3) is 0 Å². The van der Waals surface area contributed by atoms with Crippen LogP contribution in [0, 0.1) is 0 Å². The lowest BCUT2D eigenvalue weighted by molar-refractivity contribution is 0.384. The zero-order valence-electron chi connectivity index (χ0n) is 11.3. The number of aromatic nitrogens is 2. The van der Waals surface area contributed by atoms with Gasteiger partial charge in [-0.15, -0.1) is 11.3 Å². The van der Waals surface area contributed by atoms with Gasteiger partial charge in [0, 0.05) is 17.1 Å². The molecule has 0 saturated carbocycles. The molecule has 0 aliphatic rings. The first kappa shape index (κ1) is 13.0. The van der Waals surface area contributed by atoms with E-state index in [0.717, 1.165) is 5.69 Å². The van der Waals surface area contributed by atoms with E-state index >= 15 is 0 Å². The van der Waals surface area contributed by atoms with Crippen LogP contribution in [0.5, 0.6) is 5.88 Å². The molecule has 2 aromatic heterocycles. The van der Waals surface area contributed by atoms with E-state index in [9.17, 15) is 0 Å². The normalized spacial score (nSPS) is 12.5. The van der Waals surface area contributed by atoms with Crippen molar-refractivity contribution in [3.63, 3.8) is 0 Å². The van der Waals surface area contributed by atoms with Gasteiger partial charge < -0.3 is 10.1 Å². The Morgan fingerprint density at radius 1 is 1.20 bits per heavy atom. The predicted octanol–water partition coefficient (Wildman–Crippen LogP) is 3.01. The van der Waals surface area contributed by atoms with Gasteiger partial charge in [0.2, 0.25) is 5.88 Å². The second-order valence-electron chi connectivity index (χ2n) is 4.36. The molecule has 1 unspecified atom stereocenters. The molecule has 4 nitrogen and oxygen atoms in total. The van der Waals surface area contributed by atoms with E-state index in [0.29, 0.717) is 5.88 Å². The summed E-state index contributed by atoms with van der Waals surface area (Å²) in [5.74, 6) is 0.558. The molecule has 2 heterocycles. The van der Waals surface area contributed by atoms with Crippen LogP contribution in [-0.4, -0.2) is 24.1 Å². The highest BCUT2D eigenvalue weighted by molar-refractivity contribution is 7.17. The summed E-state index contributed by atoms with van der Waals surface area (Å²) in [5.41, 5.74) is 2.01. The molecule has 0 spiro atoms. The third-order valence-corrected chi connectivity index (χ3v) is 4.25. The van der Waals surface area contributed by atoms with Crippen LogP contribution in [-0.2, 0) is 0 Å². The first-order valence-corrected chi connectivity index (χ1v) is 7.21. The Morgan fingerprint density at radius 2 is 2.00 bits per heavy atom. The molecule has 0 saturated heterocycles. The minimum atomic E-state index is -0.0326. The van der Waals surface area contributed by atoms with Gasteiger partial charge in [-0.1, -0.05) is 18.2 Å². The predicted molar refractivity (Wildman–Crippen MR) is 81.3 cm³/mol. The molecular weight excluding hydrogens is 270 g/mol. The second kappa shape index (κ2) is 5.56. The topological polar surface area (TPSA) is 47.0 Å². The number of hydrogen-bond acceptors (Lipinski definition) is 5. The Kier molecular flexibility index (Phi) is 3.62. The first-order valence-electron chi connectivity index (χ1n) is 6.33. The van der Waals surface area contributed by atoms with Gasteiger partial charge >= 0.3 is 0 Å². The first-order chi connectivity index (χ1) is 9.85.